The van der Waals surface area contributed by atoms with Crippen LogP contribution in [0.1, 0.15) is 66.1 Å². The first-order valence-electron chi connectivity index (χ1n) is 11.5. The fourth-order valence-corrected chi connectivity index (χ4v) is 5.49. The number of aryl methyl sites for hydroxylation is 2. The van der Waals surface area contributed by atoms with Gasteiger partial charge in [-0.2, -0.15) is 10.5 Å². The smallest absolute Gasteiger partial charge is 0.349 e. The molecule has 3 rings (SSSR count). The van der Waals surface area contributed by atoms with Crippen molar-refractivity contribution in [1.82, 2.24) is 4.57 Å². The second kappa shape index (κ2) is 11.2. The van der Waals surface area contributed by atoms with Gasteiger partial charge >= 0.3 is 5.97 Å². The van der Waals surface area contributed by atoms with Gasteiger partial charge in [0.25, 0.3) is 5.91 Å². The van der Waals surface area contributed by atoms with Crippen LogP contribution in [0.2, 0.25) is 0 Å². The van der Waals surface area contributed by atoms with Gasteiger partial charge in [0.15, 0.2) is 6.61 Å². The van der Waals surface area contributed by atoms with Crippen molar-refractivity contribution in [2.75, 3.05) is 11.9 Å². The van der Waals surface area contributed by atoms with Crippen molar-refractivity contribution >= 4 is 34.3 Å². The standard InChI is InChI=1S/C26H30N4O3S/c1-16(2)14-30-17(3)10-19(18(30)4)11-20(12-27)26(32)33-15-24(31)29-25-22(13-28)21-8-6-5-7-9-23(21)34-25/h10-11,16H,5-9,14-15H2,1-4H3,(H,29,31). The Morgan fingerprint density at radius 2 is 1.97 bits per heavy atom. The molecular weight excluding hydrogens is 448 g/mol. The number of nitrogens with zero attached hydrogens (tertiary/aromatic N) is 3. The molecule has 0 unspecified atom stereocenters. The Kier molecular flexibility index (Phi) is 8.31. The van der Waals surface area contributed by atoms with Crippen molar-refractivity contribution in [2.24, 2.45) is 5.92 Å². The molecule has 178 valence electrons. The number of fused-ring (bicyclic) bond motifs is 1. The fourth-order valence-electron chi connectivity index (χ4n) is 4.23. The number of aromatic nitrogens is 1. The monoisotopic (exact) mass is 478 g/mol. The predicted molar refractivity (Wildman–Crippen MR) is 132 cm³/mol. The third kappa shape index (κ3) is 5.76. The molecule has 0 saturated heterocycles. The molecule has 2 aromatic heterocycles. The molecule has 0 atom stereocenters. The lowest BCUT2D eigenvalue weighted by atomic mass is 10.1. The van der Waals surface area contributed by atoms with Gasteiger partial charge in [-0.15, -0.1) is 11.3 Å². The quantitative estimate of drug-likeness (QED) is 0.259. The number of nitriles is 2. The third-order valence-corrected chi connectivity index (χ3v) is 7.13. The molecule has 34 heavy (non-hydrogen) atoms. The van der Waals surface area contributed by atoms with Crippen LogP contribution < -0.4 is 5.32 Å². The summed E-state index contributed by atoms with van der Waals surface area (Å²) in [6, 6.07) is 6.03. The number of hydrogen-bond acceptors (Lipinski definition) is 6. The first-order chi connectivity index (χ1) is 16.2. The average molecular weight is 479 g/mol. The zero-order chi connectivity index (χ0) is 24.8. The van der Waals surface area contributed by atoms with Crippen LogP contribution in [0.5, 0.6) is 0 Å². The minimum absolute atomic E-state index is 0.168. The van der Waals surface area contributed by atoms with Crippen LogP contribution in [-0.4, -0.2) is 23.1 Å². The van der Waals surface area contributed by atoms with Crippen molar-refractivity contribution < 1.29 is 14.3 Å². The van der Waals surface area contributed by atoms with Crippen LogP contribution in [0, 0.1) is 42.4 Å². The number of esters is 1. The normalized spacial score (nSPS) is 13.6. The van der Waals surface area contributed by atoms with E-state index < -0.39 is 18.5 Å². The molecule has 7 nitrogen and oxygen atoms in total. The number of carbonyl (C=O) groups is 2. The Morgan fingerprint density at radius 1 is 1.24 bits per heavy atom. The molecule has 0 radical (unpaired) electrons. The molecule has 0 bridgehead atoms. The summed E-state index contributed by atoms with van der Waals surface area (Å²) in [5.41, 5.74) is 4.15. The Bertz CT molecular complexity index is 1200. The van der Waals surface area contributed by atoms with Gasteiger partial charge in [-0.25, -0.2) is 4.79 Å². The van der Waals surface area contributed by atoms with Crippen LogP contribution in [0.15, 0.2) is 11.6 Å². The molecule has 0 spiro atoms. The molecule has 1 aliphatic carbocycles. The van der Waals surface area contributed by atoms with Crippen LogP contribution >= 0.6 is 11.3 Å². The lowest BCUT2D eigenvalue weighted by Crippen LogP contribution is -2.21. The third-order valence-electron chi connectivity index (χ3n) is 5.92. The molecular formula is C26H30N4O3S. The molecule has 0 fully saturated rings. The molecule has 0 aromatic carbocycles. The average Bonchev–Trinajstić information content (AvgIpc) is 3.13. The van der Waals surface area contributed by atoms with E-state index in [1.807, 2.05) is 26.0 Å². The van der Waals surface area contributed by atoms with Crippen LogP contribution in [0.4, 0.5) is 5.00 Å². The lowest BCUT2D eigenvalue weighted by Gasteiger charge is -2.12. The van der Waals surface area contributed by atoms with Gasteiger partial charge < -0.3 is 14.6 Å². The molecule has 1 aliphatic rings. The molecule has 2 heterocycles. The van der Waals surface area contributed by atoms with Crippen LogP contribution in [0.3, 0.4) is 0 Å². The Hall–Kier alpha value is -3.36. The second-order valence-corrected chi connectivity index (χ2v) is 10.1. The van der Waals surface area contributed by atoms with Gasteiger partial charge in [0.1, 0.15) is 22.7 Å². The number of thiophene rings is 1. The maximum atomic E-state index is 12.5. The number of carbonyl (C=O) groups excluding carboxylic acids is 2. The van der Waals surface area contributed by atoms with Gasteiger partial charge in [0, 0.05) is 22.8 Å². The highest BCUT2D eigenvalue weighted by Crippen LogP contribution is 2.36. The maximum Gasteiger partial charge on any atom is 0.349 e. The molecule has 0 aliphatic heterocycles. The number of ether oxygens (including phenoxy) is 1. The molecule has 1 amide bonds. The first-order valence-corrected chi connectivity index (χ1v) is 12.4. The highest BCUT2D eigenvalue weighted by molar-refractivity contribution is 7.16. The largest absolute Gasteiger partial charge is 0.451 e. The highest BCUT2D eigenvalue weighted by atomic mass is 32.1. The summed E-state index contributed by atoms with van der Waals surface area (Å²) >= 11 is 1.42. The van der Waals surface area contributed by atoms with E-state index in [0.29, 0.717) is 16.5 Å². The molecule has 0 saturated carbocycles. The van der Waals surface area contributed by atoms with Crippen molar-refractivity contribution in [3.05, 3.63) is 44.6 Å². The Morgan fingerprint density at radius 3 is 2.65 bits per heavy atom. The van der Waals surface area contributed by atoms with E-state index >= 15 is 0 Å². The van der Waals surface area contributed by atoms with Gasteiger partial charge in [-0.1, -0.05) is 20.3 Å². The van der Waals surface area contributed by atoms with E-state index in [1.165, 1.54) is 17.4 Å². The fraction of sp³-hybridized carbons (Fsp3) is 0.462. The molecule has 1 N–H and O–H groups in total. The van der Waals surface area contributed by atoms with Gasteiger partial charge in [-0.3, -0.25) is 4.79 Å². The topological polar surface area (TPSA) is 108 Å². The minimum atomic E-state index is -0.853. The van der Waals surface area contributed by atoms with E-state index in [0.717, 1.165) is 66.0 Å². The second-order valence-electron chi connectivity index (χ2n) is 9.01. The van der Waals surface area contributed by atoms with E-state index in [1.54, 1.807) is 0 Å². The number of nitrogens with one attached hydrogen (secondary N) is 1. The maximum absolute atomic E-state index is 12.5. The Labute approximate surface area is 204 Å². The van der Waals surface area contributed by atoms with Crippen LogP contribution in [0.25, 0.3) is 6.08 Å². The summed E-state index contributed by atoms with van der Waals surface area (Å²) in [6.07, 6.45) is 6.50. The van der Waals surface area contributed by atoms with E-state index in [4.69, 9.17) is 4.74 Å². The van der Waals surface area contributed by atoms with Gasteiger partial charge in [0.05, 0.1) is 5.56 Å². The predicted octanol–water partition coefficient (Wildman–Crippen LogP) is 5.05. The van der Waals surface area contributed by atoms with E-state index in [-0.39, 0.29) is 5.57 Å². The highest BCUT2D eigenvalue weighted by Gasteiger charge is 2.22. The number of amides is 1. The number of anilines is 1. The molecule has 2 aromatic rings. The zero-order valence-electron chi connectivity index (χ0n) is 20.2. The van der Waals surface area contributed by atoms with E-state index in [2.05, 4.69) is 29.8 Å². The van der Waals surface area contributed by atoms with Crippen molar-refractivity contribution in [2.45, 2.75) is 66.3 Å². The molecule has 8 heteroatoms. The van der Waals surface area contributed by atoms with Gasteiger partial charge in [-0.05, 0) is 68.7 Å². The summed E-state index contributed by atoms with van der Waals surface area (Å²) in [6.45, 7) is 8.51. The van der Waals surface area contributed by atoms with Crippen LogP contribution in [-0.2, 0) is 33.7 Å². The summed E-state index contributed by atoms with van der Waals surface area (Å²) in [7, 11) is 0. The van der Waals surface area contributed by atoms with Gasteiger partial charge in [0.2, 0.25) is 0 Å². The summed E-state index contributed by atoms with van der Waals surface area (Å²) in [4.78, 5) is 26.1. The number of hydrogen-bond donors (Lipinski definition) is 1. The van der Waals surface area contributed by atoms with Crippen molar-refractivity contribution in [1.29, 1.82) is 10.5 Å². The SMILES string of the molecule is Cc1cc(C=C(C#N)C(=O)OCC(=O)Nc2sc3c(c2C#N)CCCCC3)c(C)n1CC(C)C. The van der Waals surface area contributed by atoms with E-state index in [9.17, 15) is 20.1 Å². The summed E-state index contributed by atoms with van der Waals surface area (Å²) in [5.74, 6) is -0.928. The minimum Gasteiger partial charge on any atom is -0.451 e. The van der Waals surface area contributed by atoms with Crippen molar-refractivity contribution in [3.8, 4) is 12.1 Å². The number of rotatable bonds is 7. The summed E-state index contributed by atoms with van der Waals surface area (Å²) < 4.78 is 7.26. The Balaban J connectivity index is 1.67. The summed E-state index contributed by atoms with van der Waals surface area (Å²) in [5, 5.41) is 22.3. The van der Waals surface area contributed by atoms with Crippen molar-refractivity contribution in [3.63, 3.8) is 0 Å². The zero-order valence-corrected chi connectivity index (χ0v) is 21.0. The lowest BCUT2D eigenvalue weighted by molar-refractivity contribution is -0.142. The first kappa shape index (κ1) is 25.3.